The molecule has 0 aliphatic carbocycles. The predicted octanol–water partition coefficient (Wildman–Crippen LogP) is 0.770. The molecule has 0 aromatic heterocycles. The Morgan fingerprint density at radius 1 is 1.47 bits per heavy atom. The van der Waals surface area contributed by atoms with E-state index in [-0.39, 0.29) is 11.8 Å². The summed E-state index contributed by atoms with van der Waals surface area (Å²) < 4.78 is 0. The third-order valence-electron chi connectivity index (χ3n) is 3.81. The lowest BCUT2D eigenvalue weighted by atomic mass is 9.93. The maximum atomic E-state index is 12.4. The lowest BCUT2D eigenvalue weighted by molar-refractivity contribution is -0.138. The first-order valence-electron chi connectivity index (χ1n) is 6.62. The maximum absolute atomic E-state index is 12.4. The van der Waals surface area contributed by atoms with Gasteiger partial charge < -0.3 is 15.5 Å². The van der Waals surface area contributed by atoms with Gasteiger partial charge in [-0.1, -0.05) is 13.8 Å². The van der Waals surface area contributed by atoms with E-state index >= 15 is 0 Å². The van der Waals surface area contributed by atoms with E-state index in [4.69, 9.17) is 5.73 Å². The maximum Gasteiger partial charge on any atom is 0.227 e. The summed E-state index contributed by atoms with van der Waals surface area (Å²) in [6, 6.07) is 0.498. The van der Waals surface area contributed by atoms with Gasteiger partial charge in [0.25, 0.3) is 0 Å². The number of carbonyl (C=O) groups excluding carboxylic acids is 1. The molecule has 1 aliphatic heterocycles. The highest BCUT2D eigenvalue weighted by atomic mass is 16.2. The fourth-order valence-electron chi connectivity index (χ4n) is 2.47. The van der Waals surface area contributed by atoms with Gasteiger partial charge in [0.15, 0.2) is 0 Å². The molecule has 1 heterocycles. The summed E-state index contributed by atoms with van der Waals surface area (Å²) in [7, 11) is 4.17. The van der Waals surface area contributed by atoms with E-state index < -0.39 is 0 Å². The minimum absolute atomic E-state index is 0.0177. The van der Waals surface area contributed by atoms with Crippen LogP contribution in [0.4, 0.5) is 0 Å². The molecule has 0 saturated carbocycles. The molecular weight excluding hydrogens is 214 g/mol. The van der Waals surface area contributed by atoms with Gasteiger partial charge in [-0.15, -0.1) is 0 Å². The molecule has 0 aromatic carbocycles. The Hall–Kier alpha value is -0.610. The number of amides is 1. The van der Waals surface area contributed by atoms with Gasteiger partial charge in [0, 0.05) is 25.7 Å². The van der Waals surface area contributed by atoms with Gasteiger partial charge in [0.05, 0.1) is 5.92 Å². The Morgan fingerprint density at radius 2 is 2.12 bits per heavy atom. The quantitative estimate of drug-likeness (QED) is 0.791. The van der Waals surface area contributed by atoms with Crippen LogP contribution in [0.1, 0.15) is 26.7 Å². The van der Waals surface area contributed by atoms with Crippen LogP contribution in [0.5, 0.6) is 0 Å². The van der Waals surface area contributed by atoms with Crippen LogP contribution in [0, 0.1) is 11.8 Å². The van der Waals surface area contributed by atoms with Crippen LogP contribution in [0.25, 0.3) is 0 Å². The highest BCUT2D eigenvalue weighted by Gasteiger charge is 2.30. The van der Waals surface area contributed by atoms with Crippen molar-refractivity contribution in [2.75, 3.05) is 33.7 Å². The summed E-state index contributed by atoms with van der Waals surface area (Å²) in [6.45, 7) is 6.35. The molecule has 1 aliphatic rings. The highest BCUT2D eigenvalue weighted by Crippen LogP contribution is 2.19. The molecule has 4 heteroatoms. The van der Waals surface area contributed by atoms with E-state index in [1.165, 1.54) is 6.42 Å². The molecule has 1 saturated heterocycles. The molecule has 1 amide bonds. The summed E-state index contributed by atoms with van der Waals surface area (Å²) in [5.74, 6) is 0.553. The molecule has 100 valence electrons. The second-order valence-electron chi connectivity index (χ2n) is 5.63. The van der Waals surface area contributed by atoms with Gasteiger partial charge in [-0.2, -0.15) is 0 Å². The van der Waals surface area contributed by atoms with E-state index in [0.29, 0.717) is 18.5 Å². The Kier molecular flexibility index (Phi) is 5.40. The number of piperidine rings is 1. The van der Waals surface area contributed by atoms with Crippen LogP contribution in [0.3, 0.4) is 0 Å². The Bertz CT molecular complexity index is 253. The van der Waals surface area contributed by atoms with Crippen molar-refractivity contribution < 1.29 is 4.79 Å². The average molecular weight is 241 g/mol. The number of likely N-dealkylation sites (N-methyl/N-ethyl adjacent to an activating group) is 1. The molecule has 4 nitrogen and oxygen atoms in total. The number of likely N-dealkylation sites (tertiary alicyclic amines) is 1. The molecular formula is C13H27N3O. The van der Waals surface area contributed by atoms with Crippen molar-refractivity contribution in [3.8, 4) is 0 Å². The van der Waals surface area contributed by atoms with Crippen LogP contribution in [0.2, 0.25) is 0 Å². The number of hydrogen-bond acceptors (Lipinski definition) is 3. The van der Waals surface area contributed by atoms with Gasteiger partial charge in [-0.3, -0.25) is 4.79 Å². The zero-order valence-corrected chi connectivity index (χ0v) is 11.6. The van der Waals surface area contributed by atoms with Crippen molar-refractivity contribution >= 4 is 5.91 Å². The van der Waals surface area contributed by atoms with Crippen LogP contribution >= 0.6 is 0 Å². The van der Waals surface area contributed by atoms with Gasteiger partial charge in [0.1, 0.15) is 0 Å². The summed E-state index contributed by atoms with van der Waals surface area (Å²) in [4.78, 5) is 16.6. The summed E-state index contributed by atoms with van der Waals surface area (Å²) in [5.41, 5.74) is 5.72. The molecule has 0 aromatic rings. The first-order valence-corrected chi connectivity index (χ1v) is 6.62. The Labute approximate surface area is 105 Å². The first-order chi connectivity index (χ1) is 7.97. The standard InChI is InChI=1S/C13H27N3O/c1-10(2)12(8-14)13(17)16-7-5-6-11(9-16)15(3)4/h10-12H,5-9,14H2,1-4H3. The number of rotatable bonds is 4. The lowest BCUT2D eigenvalue weighted by Crippen LogP contribution is -2.50. The Morgan fingerprint density at radius 3 is 2.59 bits per heavy atom. The summed E-state index contributed by atoms with van der Waals surface area (Å²) >= 11 is 0. The van der Waals surface area contributed by atoms with Crippen molar-refractivity contribution in [2.24, 2.45) is 17.6 Å². The van der Waals surface area contributed by atoms with E-state index in [1.807, 2.05) is 4.90 Å². The molecule has 2 N–H and O–H groups in total. The van der Waals surface area contributed by atoms with E-state index in [1.54, 1.807) is 0 Å². The van der Waals surface area contributed by atoms with Crippen molar-refractivity contribution in [1.29, 1.82) is 0 Å². The molecule has 17 heavy (non-hydrogen) atoms. The minimum Gasteiger partial charge on any atom is -0.341 e. The molecule has 2 unspecified atom stereocenters. The highest BCUT2D eigenvalue weighted by molar-refractivity contribution is 5.79. The van der Waals surface area contributed by atoms with Crippen LogP contribution in [-0.4, -0.2) is 55.5 Å². The number of nitrogens with two attached hydrogens (primary N) is 1. The fourth-order valence-corrected chi connectivity index (χ4v) is 2.47. The van der Waals surface area contributed by atoms with Crippen molar-refractivity contribution in [3.05, 3.63) is 0 Å². The third kappa shape index (κ3) is 3.68. The topological polar surface area (TPSA) is 49.6 Å². The first kappa shape index (κ1) is 14.5. The zero-order valence-electron chi connectivity index (χ0n) is 11.6. The van der Waals surface area contributed by atoms with E-state index in [0.717, 1.165) is 19.5 Å². The number of nitrogens with zero attached hydrogens (tertiary/aromatic N) is 2. The van der Waals surface area contributed by atoms with Gasteiger partial charge in [-0.25, -0.2) is 0 Å². The molecule has 1 fully saturated rings. The van der Waals surface area contributed by atoms with Crippen LogP contribution in [0.15, 0.2) is 0 Å². The Balaban J connectivity index is 2.62. The number of carbonyl (C=O) groups is 1. The number of hydrogen-bond donors (Lipinski definition) is 1. The van der Waals surface area contributed by atoms with Crippen LogP contribution in [-0.2, 0) is 4.79 Å². The molecule has 2 atom stereocenters. The average Bonchev–Trinajstić information content (AvgIpc) is 2.29. The molecule has 0 radical (unpaired) electrons. The normalized spacial score (nSPS) is 23.2. The molecule has 0 bridgehead atoms. The van der Waals surface area contributed by atoms with Crippen molar-refractivity contribution in [3.63, 3.8) is 0 Å². The minimum atomic E-state index is -0.0177. The molecule has 1 rings (SSSR count). The van der Waals surface area contributed by atoms with Gasteiger partial charge in [-0.05, 0) is 32.9 Å². The monoisotopic (exact) mass is 241 g/mol. The van der Waals surface area contributed by atoms with Crippen LogP contribution < -0.4 is 5.73 Å². The SMILES string of the molecule is CC(C)C(CN)C(=O)N1CCCC(N(C)C)C1. The fraction of sp³-hybridized carbons (Fsp3) is 0.923. The summed E-state index contributed by atoms with van der Waals surface area (Å²) in [5, 5.41) is 0. The summed E-state index contributed by atoms with van der Waals surface area (Å²) in [6.07, 6.45) is 2.29. The predicted molar refractivity (Wildman–Crippen MR) is 70.7 cm³/mol. The second kappa shape index (κ2) is 6.36. The lowest BCUT2D eigenvalue weighted by Gasteiger charge is -2.38. The van der Waals surface area contributed by atoms with Gasteiger partial charge >= 0.3 is 0 Å². The molecule has 0 spiro atoms. The van der Waals surface area contributed by atoms with E-state index in [2.05, 4.69) is 32.8 Å². The van der Waals surface area contributed by atoms with Crippen molar-refractivity contribution in [2.45, 2.75) is 32.7 Å². The third-order valence-corrected chi connectivity index (χ3v) is 3.81. The smallest absolute Gasteiger partial charge is 0.227 e. The van der Waals surface area contributed by atoms with E-state index in [9.17, 15) is 4.79 Å². The largest absolute Gasteiger partial charge is 0.341 e. The van der Waals surface area contributed by atoms with Crippen molar-refractivity contribution in [1.82, 2.24) is 9.80 Å². The second-order valence-corrected chi connectivity index (χ2v) is 5.63. The zero-order chi connectivity index (χ0) is 13.0. The van der Waals surface area contributed by atoms with Gasteiger partial charge in [0.2, 0.25) is 5.91 Å².